The predicted molar refractivity (Wildman–Crippen MR) is 65.7 cm³/mol. The molecule has 0 bridgehead atoms. The molecule has 0 unspecified atom stereocenters. The van der Waals surface area contributed by atoms with E-state index in [0.717, 1.165) is 6.07 Å². The molecule has 0 spiro atoms. The number of rotatable bonds is 4. The number of carbonyl (C=O) groups excluding carboxylic acids is 1. The number of carbonyl (C=O) groups is 1. The highest BCUT2D eigenvalue weighted by molar-refractivity contribution is 6.32. The minimum absolute atomic E-state index is 0.0731. The third-order valence-electron chi connectivity index (χ3n) is 2.53. The first kappa shape index (κ1) is 15.6. The van der Waals surface area contributed by atoms with E-state index < -0.39 is 23.1 Å². The number of anilines is 1. The molecule has 106 valence electrons. The summed E-state index contributed by atoms with van der Waals surface area (Å²) in [6, 6.07) is 0.772. The van der Waals surface area contributed by atoms with E-state index in [4.69, 9.17) is 17.3 Å². The van der Waals surface area contributed by atoms with Crippen LogP contribution in [0.2, 0.25) is 5.02 Å². The van der Waals surface area contributed by atoms with Crippen molar-refractivity contribution in [2.24, 2.45) is 11.1 Å². The van der Waals surface area contributed by atoms with E-state index in [1.54, 1.807) is 13.8 Å². The van der Waals surface area contributed by atoms with E-state index in [0.29, 0.717) is 6.20 Å². The molecule has 3 N–H and O–H groups in total. The molecule has 0 saturated carbocycles. The number of amides is 1. The first-order valence-corrected chi connectivity index (χ1v) is 5.68. The van der Waals surface area contributed by atoms with Crippen LogP contribution in [0.25, 0.3) is 0 Å². The van der Waals surface area contributed by atoms with Crippen LogP contribution in [0.15, 0.2) is 12.3 Å². The maximum atomic E-state index is 12.4. The Kier molecular flexibility index (Phi) is 4.29. The van der Waals surface area contributed by atoms with Crippen LogP contribution in [-0.4, -0.2) is 17.4 Å². The molecule has 1 aromatic heterocycles. The highest BCUT2D eigenvalue weighted by atomic mass is 35.5. The topological polar surface area (TPSA) is 68.0 Å². The van der Waals surface area contributed by atoms with Crippen molar-refractivity contribution in [1.82, 2.24) is 4.98 Å². The lowest BCUT2D eigenvalue weighted by molar-refractivity contribution is -0.137. The Morgan fingerprint density at radius 1 is 1.47 bits per heavy atom. The van der Waals surface area contributed by atoms with Gasteiger partial charge < -0.3 is 11.1 Å². The maximum Gasteiger partial charge on any atom is 0.417 e. The van der Waals surface area contributed by atoms with Crippen LogP contribution in [0.5, 0.6) is 0 Å². The summed E-state index contributed by atoms with van der Waals surface area (Å²) in [5, 5.41) is 2.53. The molecule has 1 heterocycles. The van der Waals surface area contributed by atoms with E-state index in [1.807, 2.05) is 0 Å². The second-order valence-corrected chi connectivity index (χ2v) is 5.06. The molecule has 0 fully saturated rings. The standard InChI is InChI=1S/C11H13ClF3N3O/c1-10(2,9(16)19)5-18-8-7(12)3-6(4-17-8)11(13,14)15/h3-4H,5H2,1-2H3,(H2,16,19)(H,17,18). The Morgan fingerprint density at radius 3 is 2.47 bits per heavy atom. The molecule has 0 aromatic carbocycles. The number of alkyl halides is 3. The zero-order chi connectivity index (χ0) is 14.8. The molecule has 0 aliphatic rings. The summed E-state index contributed by atoms with van der Waals surface area (Å²) in [6.07, 6.45) is -3.83. The fraction of sp³-hybridized carbons (Fsp3) is 0.455. The Hall–Kier alpha value is -1.50. The maximum absolute atomic E-state index is 12.4. The van der Waals surface area contributed by atoms with Gasteiger partial charge in [-0.2, -0.15) is 13.2 Å². The zero-order valence-corrected chi connectivity index (χ0v) is 11.1. The minimum Gasteiger partial charge on any atom is -0.369 e. The average Bonchev–Trinajstić information content (AvgIpc) is 2.25. The van der Waals surface area contributed by atoms with Crippen LogP contribution in [0.3, 0.4) is 0 Å². The number of primary amides is 1. The Balaban J connectivity index is 2.85. The van der Waals surface area contributed by atoms with Gasteiger partial charge in [-0.15, -0.1) is 0 Å². The monoisotopic (exact) mass is 295 g/mol. The molecule has 1 amide bonds. The molecule has 0 aliphatic carbocycles. The summed E-state index contributed by atoms with van der Waals surface area (Å²) in [6.45, 7) is 3.31. The predicted octanol–water partition coefficient (Wildman–Crippen LogP) is 2.68. The quantitative estimate of drug-likeness (QED) is 0.897. The highest BCUT2D eigenvalue weighted by Gasteiger charge is 2.32. The van der Waals surface area contributed by atoms with E-state index in [1.165, 1.54) is 0 Å². The molecule has 19 heavy (non-hydrogen) atoms. The van der Waals surface area contributed by atoms with E-state index in [9.17, 15) is 18.0 Å². The largest absolute Gasteiger partial charge is 0.417 e. The van der Waals surface area contributed by atoms with Crippen molar-refractivity contribution in [2.75, 3.05) is 11.9 Å². The van der Waals surface area contributed by atoms with Crippen LogP contribution in [-0.2, 0) is 11.0 Å². The molecule has 0 saturated heterocycles. The molecule has 1 aromatic rings. The molecule has 8 heteroatoms. The van der Waals surface area contributed by atoms with Gasteiger partial charge in [0, 0.05) is 12.7 Å². The molecule has 1 rings (SSSR count). The van der Waals surface area contributed by atoms with Gasteiger partial charge in [-0.3, -0.25) is 4.79 Å². The number of nitrogens with one attached hydrogen (secondary N) is 1. The van der Waals surface area contributed by atoms with Gasteiger partial charge in [0.05, 0.1) is 16.0 Å². The summed E-state index contributed by atoms with van der Waals surface area (Å²) in [5.41, 5.74) is 3.37. The second-order valence-electron chi connectivity index (χ2n) is 4.65. The number of halogens is 4. The second kappa shape index (κ2) is 5.24. The summed E-state index contributed by atoms with van der Waals surface area (Å²) in [7, 11) is 0. The van der Waals surface area contributed by atoms with E-state index in [-0.39, 0.29) is 17.4 Å². The zero-order valence-electron chi connectivity index (χ0n) is 10.3. The first-order chi connectivity index (χ1) is 8.54. The Labute approximate surface area is 113 Å². The number of nitrogens with two attached hydrogens (primary N) is 1. The number of aromatic nitrogens is 1. The minimum atomic E-state index is -4.50. The van der Waals surface area contributed by atoms with Crippen LogP contribution in [0, 0.1) is 5.41 Å². The molecule has 0 aliphatic heterocycles. The smallest absolute Gasteiger partial charge is 0.369 e. The first-order valence-electron chi connectivity index (χ1n) is 5.30. The number of hydrogen-bond acceptors (Lipinski definition) is 3. The average molecular weight is 296 g/mol. The number of hydrogen-bond donors (Lipinski definition) is 2. The molecule has 0 radical (unpaired) electrons. The van der Waals surface area contributed by atoms with Gasteiger partial charge in [0.1, 0.15) is 5.82 Å². The number of pyridine rings is 1. The van der Waals surface area contributed by atoms with Crippen molar-refractivity contribution in [2.45, 2.75) is 20.0 Å². The normalized spacial score (nSPS) is 12.3. The lowest BCUT2D eigenvalue weighted by Crippen LogP contribution is -2.37. The lowest BCUT2D eigenvalue weighted by Gasteiger charge is -2.21. The Bertz CT molecular complexity index is 489. The summed E-state index contributed by atoms with van der Waals surface area (Å²) in [5.74, 6) is -0.466. The van der Waals surface area contributed by atoms with Gasteiger partial charge in [0.25, 0.3) is 0 Å². The summed E-state index contributed by atoms with van der Waals surface area (Å²) < 4.78 is 37.2. The van der Waals surface area contributed by atoms with Crippen LogP contribution < -0.4 is 11.1 Å². The van der Waals surface area contributed by atoms with Gasteiger partial charge in [-0.05, 0) is 19.9 Å². The van der Waals surface area contributed by atoms with Gasteiger partial charge in [-0.1, -0.05) is 11.6 Å². The van der Waals surface area contributed by atoms with E-state index >= 15 is 0 Å². The van der Waals surface area contributed by atoms with Gasteiger partial charge in [0.2, 0.25) is 5.91 Å². The third kappa shape index (κ3) is 3.99. The van der Waals surface area contributed by atoms with Gasteiger partial charge in [-0.25, -0.2) is 4.98 Å². The summed E-state index contributed by atoms with van der Waals surface area (Å²) in [4.78, 5) is 14.7. The van der Waals surface area contributed by atoms with Crippen molar-refractivity contribution in [3.8, 4) is 0 Å². The molecule has 0 atom stereocenters. The van der Waals surface area contributed by atoms with Crippen LogP contribution >= 0.6 is 11.6 Å². The third-order valence-corrected chi connectivity index (χ3v) is 2.82. The van der Waals surface area contributed by atoms with Crippen molar-refractivity contribution in [3.63, 3.8) is 0 Å². The van der Waals surface area contributed by atoms with Crippen molar-refractivity contribution in [1.29, 1.82) is 0 Å². The Morgan fingerprint density at radius 2 is 2.05 bits per heavy atom. The van der Waals surface area contributed by atoms with Crippen LogP contribution in [0.1, 0.15) is 19.4 Å². The van der Waals surface area contributed by atoms with Crippen molar-refractivity contribution >= 4 is 23.3 Å². The highest BCUT2D eigenvalue weighted by Crippen LogP contribution is 2.32. The molecular formula is C11H13ClF3N3O. The van der Waals surface area contributed by atoms with E-state index in [2.05, 4.69) is 10.3 Å². The SMILES string of the molecule is CC(C)(CNc1ncc(C(F)(F)F)cc1Cl)C(N)=O. The number of nitrogens with zero attached hydrogens (tertiary/aromatic N) is 1. The molecule has 4 nitrogen and oxygen atoms in total. The van der Waals surface area contributed by atoms with Crippen molar-refractivity contribution < 1.29 is 18.0 Å². The summed E-state index contributed by atoms with van der Waals surface area (Å²) >= 11 is 5.70. The van der Waals surface area contributed by atoms with Gasteiger partial charge in [0.15, 0.2) is 0 Å². The van der Waals surface area contributed by atoms with Crippen LogP contribution in [0.4, 0.5) is 19.0 Å². The van der Waals surface area contributed by atoms with Crippen molar-refractivity contribution in [3.05, 3.63) is 22.8 Å². The fourth-order valence-electron chi connectivity index (χ4n) is 1.11. The van der Waals surface area contributed by atoms with Gasteiger partial charge >= 0.3 is 6.18 Å². The molecular weight excluding hydrogens is 283 g/mol. The fourth-order valence-corrected chi connectivity index (χ4v) is 1.35. The lowest BCUT2D eigenvalue weighted by atomic mass is 9.93.